The van der Waals surface area contributed by atoms with E-state index in [0.29, 0.717) is 5.95 Å². The highest BCUT2D eigenvalue weighted by molar-refractivity contribution is 9.10. The molecule has 3 rings (SSSR count). The SMILES string of the molecule is NC(N)=[NH+]c1nc(-c2ccc(Br)cc2)c2ccccc2n1. The van der Waals surface area contributed by atoms with E-state index in [0.717, 1.165) is 26.6 Å². The minimum absolute atomic E-state index is 0.0621. The number of rotatable bonds is 2. The molecule has 0 aliphatic rings. The number of guanidine groups is 1. The van der Waals surface area contributed by atoms with E-state index in [4.69, 9.17) is 11.5 Å². The van der Waals surface area contributed by atoms with Crippen LogP contribution in [0.1, 0.15) is 0 Å². The van der Waals surface area contributed by atoms with Gasteiger partial charge in [-0.3, -0.25) is 0 Å². The second-order valence-electron chi connectivity index (χ2n) is 4.50. The van der Waals surface area contributed by atoms with Crippen molar-refractivity contribution in [3.05, 3.63) is 53.0 Å². The molecule has 6 heteroatoms. The number of nitrogens with zero attached hydrogens (tertiary/aromatic N) is 2. The maximum absolute atomic E-state index is 5.47. The Morgan fingerprint density at radius 3 is 2.38 bits per heavy atom. The van der Waals surface area contributed by atoms with Crippen LogP contribution >= 0.6 is 15.9 Å². The van der Waals surface area contributed by atoms with Crippen LogP contribution in [-0.2, 0) is 0 Å². The Hall–Kier alpha value is -2.47. The van der Waals surface area contributed by atoms with Crippen LogP contribution in [0.15, 0.2) is 53.0 Å². The first-order valence-corrected chi connectivity index (χ1v) is 7.10. The third kappa shape index (κ3) is 2.85. The number of halogens is 1. The molecule has 3 aromatic rings. The zero-order chi connectivity index (χ0) is 14.8. The monoisotopic (exact) mass is 342 g/mol. The molecule has 0 amide bonds. The van der Waals surface area contributed by atoms with Crippen LogP contribution in [0.2, 0.25) is 0 Å². The molecule has 21 heavy (non-hydrogen) atoms. The summed E-state index contributed by atoms with van der Waals surface area (Å²) >= 11 is 3.43. The summed E-state index contributed by atoms with van der Waals surface area (Å²) in [5.74, 6) is 0.443. The van der Waals surface area contributed by atoms with Gasteiger partial charge < -0.3 is 11.5 Å². The Kier molecular flexibility index (Phi) is 3.53. The summed E-state index contributed by atoms with van der Waals surface area (Å²) in [5.41, 5.74) is 13.6. The van der Waals surface area contributed by atoms with Crippen LogP contribution in [0.5, 0.6) is 0 Å². The van der Waals surface area contributed by atoms with E-state index in [9.17, 15) is 0 Å². The van der Waals surface area contributed by atoms with Gasteiger partial charge in [0.15, 0.2) is 0 Å². The molecule has 5 N–H and O–H groups in total. The van der Waals surface area contributed by atoms with E-state index in [1.54, 1.807) is 0 Å². The third-order valence-corrected chi connectivity index (χ3v) is 3.51. The fourth-order valence-electron chi connectivity index (χ4n) is 2.09. The zero-order valence-electron chi connectivity index (χ0n) is 11.0. The van der Waals surface area contributed by atoms with E-state index < -0.39 is 0 Å². The van der Waals surface area contributed by atoms with Gasteiger partial charge in [-0.15, -0.1) is 9.97 Å². The average molecular weight is 343 g/mol. The smallest absolute Gasteiger partial charge is 0.323 e. The van der Waals surface area contributed by atoms with Crippen LogP contribution in [0.3, 0.4) is 0 Å². The first kappa shape index (κ1) is 13.5. The van der Waals surface area contributed by atoms with Crippen LogP contribution in [0.4, 0.5) is 5.95 Å². The van der Waals surface area contributed by atoms with Gasteiger partial charge in [0, 0.05) is 15.4 Å². The number of para-hydroxylation sites is 1. The van der Waals surface area contributed by atoms with Crippen molar-refractivity contribution < 1.29 is 4.99 Å². The fraction of sp³-hybridized carbons (Fsp3) is 0. The lowest BCUT2D eigenvalue weighted by Gasteiger charge is -2.03. The van der Waals surface area contributed by atoms with E-state index >= 15 is 0 Å². The highest BCUT2D eigenvalue weighted by Crippen LogP contribution is 2.27. The van der Waals surface area contributed by atoms with Crippen LogP contribution in [-0.4, -0.2) is 15.9 Å². The molecular weight excluding hydrogens is 330 g/mol. The molecule has 104 valence electrons. The van der Waals surface area contributed by atoms with Gasteiger partial charge in [-0.05, 0) is 24.3 Å². The molecule has 5 nitrogen and oxygen atoms in total. The van der Waals surface area contributed by atoms with Crippen molar-refractivity contribution >= 4 is 38.7 Å². The number of nitrogens with two attached hydrogens (primary N) is 2. The molecule has 0 saturated heterocycles. The van der Waals surface area contributed by atoms with Crippen LogP contribution in [0.25, 0.3) is 22.2 Å². The lowest BCUT2D eigenvalue weighted by molar-refractivity contribution is -0.366. The van der Waals surface area contributed by atoms with Gasteiger partial charge in [0.05, 0.1) is 0 Å². The fourth-order valence-corrected chi connectivity index (χ4v) is 2.35. The Morgan fingerprint density at radius 1 is 0.952 bits per heavy atom. The molecule has 0 bridgehead atoms. The molecule has 0 fully saturated rings. The lowest BCUT2D eigenvalue weighted by atomic mass is 10.1. The van der Waals surface area contributed by atoms with E-state index in [1.807, 2.05) is 48.5 Å². The van der Waals surface area contributed by atoms with Gasteiger partial charge >= 0.3 is 5.95 Å². The maximum Gasteiger partial charge on any atom is 0.354 e. The van der Waals surface area contributed by atoms with Gasteiger partial charge in [0.1, 0.15) is 11.2 Å². The van der Waals surface area contributed by atoms with Crippen molar-refractivity contribution in [2.45, 2.75) is 0 Å². The Labute approximate surface area is 129 Å². The number of benzene rings is 2. The number of fused-ring (bicyclic) bond motifs is 1. The molecule has 0 saturated carbocycles. The maximum atomic E-state index is 5.47. The van der Waals surface area contributed by atoms with Gasteiger partial charge in [0.2, 0.25) is 0 Å². The number of hydrogen-bond acceptors (Lipinski definition) is 2. The Morgan fingerprint density at radius 2 is 1.67 bits per heavy atom. The molecule has 0 radical (unpaired) electrons. The van der Waals surface area contributed by atoms with Crippen LogP contribution < -0.4 is 16.5 Å². The van der Waals surface area contributed by atoms with Crippen molar-refractivity contribution in [3.8, 4) is 11.3 Å². The second kappa shape index (κ2) is 5.49. The summed E-state index contributed by atoms with van der Waals surface area (Å²) in [6.45, 7) is 0. The summed E-state index contributed by atoms with van der Waals surface area (Å²) in [6, 6.07) is 15.8. The first-order chi connectivity index (χ1) is 10.1. The van der Waals surface area contributed by atoms with Gasteiger partial charge in [-0.1, -0.05) is 40.2 Å². The second-order valence-corrected chi connectivity index (χ2v) is 5.42. The molecule has 2 aromatic carbocycles. The number of nitrogens with one attached hydrogen (secondary N) is 1. The Bertz CT molecular complexity index is 823. The summed E-state index contributed by atoms with van der Waals surface area (Å²) in [6.07, 6.45) is 0. The third-order valence-electron chi connectivity index (χ3n) is 2.98. The van der Waals surface area contributed by atoms with Crippen molar-refractivity contribution in [2.75, 3.05) is 0 Å². The molecule has 1 aromatic heterocycles. The molecule has 1 heterocycles. The highest BCUT2D eigenvalue weighted by atomic mass is 79.9. The Balaban J connectivity index is 2.28. The predicted molar refractivity (Wildman–Crippen MR) is 86.7 cm³/mol. The first-order valence-electron chi connectivity index (χ1n) is 6.31. The lowest BCUT2D eigenvalue weighted by Crippen LogP contribution is -2.73. The normalized spacial score (nSPS) is 10.5. The summed E-state index contributed by atoms with van der Waals surface area (Å²) in [5, 5.41) is 0.973. The highest BCUT2D eigenvalue weighted by Gasteiger charge is 2.13. The minimum Gasteiger partial charge on any atom is -0.323 e. The standard InChI is InChI=1S/C15H12BrN5/c16-10-7-5-9(6-8-10)13-11-3-1-2-4-12(11)19-15(20-13)21-14(17)18/h1-8H,(H4,17,18,19,20,21)/p+1. The minimum atomic E-state index is 0.0621. The van der Waals surface area contributed by atoms with Gasteiger partial charge in [-0.25, -0.2) is 4.99 Å². The average Bonchev–Trinajstić information content (AvgIpc) is 2.46. The van der Waals surface area contributed by atoms with Crippen molar-refractivity contribution in [1.29, 1.82) is 0 Å². The molecule has 0 aliphatic heterocycles. The summed E-state index contributed by atoms with van der Waals surface area (Å²) < 4.78 is 1.02. The van der Waals surface area contributed by atoms with Crippen molar-refractivity contribution in [3.63, 3.8) is 0 Å². The van der Waals surface area contributed by atoms with Crippen molar-refractivity contribution in [2.24, 2.45) is 11.5 Å². The van der Waals surface area contributed by atoms with E-state index in [2.05, 4.69) is 30.9 Å². The molecule has 0 atom stereocenters. The molecule has 0 aliphatic carbocycles. The summed E-state index contributed by atoms with van der Waals surface area (Å²) in [4.78, 5) is 11.7. The predicted octanol–water partition coefficient (Wildman–Crippen LogP) is 1.04. The number of aromatic nitrogens is 2. The van der Waals surface area contributed by atoms with Crippen LogP contribution in [0, 0.1) is 0 Å². The summed E-state index contributed by atoms with van der Waals surface area (Å²) in [7, 11) is 0. The van der Waals surface area contributed by atoms with Gasteiger partial charge in [-0.2, -0.15) is 0 Å². The van der Waals surface area contributed by atoms with E-state index in [-0.39, 0.29) is 5.96 Å². The molecule has 0 spiro atoms. The van der Waals surface area contributed by atoms with E-state index in [1.165, 1.54) is 0 Å². The van der Waals surface area contributed by atoms with Gasteiger partial charge in [0.25, 0.3) is 5.96 Å². The van der Waals surface area contributed by atoms with Crippen molar-refractivity contribution in [1.82, 2.24) is 9.97 Å². The molecular formula is C15H13BrN5+. The zero-order valence-corrected chi connectivity index (χ0v) is 12.6. The molecule has 0 unspecified atom stereocenters. The number of hydrogen-bond donors (Lipinski definition) is 3. The topological polar surface area (TPSA) is 91.8 Å². The quantitative estimate of drug-likeness (QED) is 0.479. The largest absolute Gasteiger partial charge is 0.354 e.